The number of aliphatic hydroxyl groups is 1. The fourth-order valence-electron chi connectivity index (χ4n) is 13.4. The van der Waals surface area contributed by atoms with Crippen LogP contribution in [0.25, 0.3) is 21.8 Å². The predicted octanol–water partition coefficient (Wildman–Crippen LogP) is -4.50. The summed E-state index contributed by atoms with van der Waals surface area (Å²) < 4.78 is 5.68. The lowest BCUT2D eigenvalue weighted by molar-refractivity contribution is -0.156. The first-order chi connectivity index (χ1) is 61.5. The van der Waals surface area contributed by atoms with E-state index in [1.165, 1.54) is 24.3 Å². The number of aromatic nitrogens is 2. The number of nitrogen functional groups attached to an aromatic ring is 1. The van der Waals surface area contributed by atoms with Crippen LogP contribution in [0.1, 0.15) is 152 Å². The number of amides is 14. The highest BCUT2D eigenvalue weighted by Crippen LogP contribution is 2.23. The Morgan fingerprint density at radius 1 is 0.508 bits per heavy atom. The van der Waals surface area contributed by atoms with E-state index in [0.717, 1.165) is 69.3 Å². The second-order valence-electron chi connectivity index (χ2n) is 30.8. The summed E-state index contributed by atoms with van der Waals surface area (Å²) in [7, 11) is 0. The Bertz CT molecular complexity index is 4900. The summed E-state index contributed by atoms with van der Waals surface area (Å²) in [5.74, 6) is -30.7. The number of cyclic esters (lactones) is 1. The van der Waals surface area contributed by atoms with Crippen LogP contribution >= 0.6 is 0 Å². The molecule has 1 aliphatic rings. The lowest BCUT2D eigenvalue weighted by atomic mass is 9.96. The summed E-state index contributed by atoms with van der Waals surface area (Å²) in [5.41, 5.74) is 25.5. The molecule has 0 saturated carbocycles. The average Bonchev–Trinajstić information content (AvgIpc) is 1.62. The van der Waals surface area contributed by atoms with E-state index in [9.17, 15) is 126 Å². The lowest BCUT2D eigenvalue weighted by Crippen LogP contribution is -2.62. The zero-order chi connectivity index (χ0) is 96.6. The summed E-state index contributed by atoms with van der Waals surface area (Å²) in [6.45, 7) is 1.11. The van der Waals surface area contributed by atoms with Crippen molar-refractivity contribution in [2.45, 2.75) is 222 Å². The molecule has 29 N–H and O–H groups in total. The van der Waals surface area contributed by atoms with Gasteiger partial charge in [0.25, 0.3) is 0 Å². The van der Waals surface area contributed by atoms with Gasteiger partial charge in [0.1, 0.15) is 78.6 Å². The number of hydrogen-bond donors (Lipinski definition) is 25. The van der Waals surface area contributed by atoms with Crippen LogP contribution in [0.5, 0.6) is 0 Å². The van der Waals surface area contributed by atoms with Gasteiger partial charge >= 0.3 is 35.8 Å². The van der Waals surface area contributed by atoms with Crippen molar-refractivity contribution in [3.05, 3.63) is 102 Å². The number of nitrogens with one attached hydrogen (secondary N) is 15. The largest absolute Gasteiger partial charge is 0.481 e. The first-order valence-corrected chi connectivity index (χ1v) is 41.5. The van der Waals surface area contributed by atoms with Gasteiger partial charge in [-0.3, -0.25) is 95.9 Å². The quantitative estimate of drug-likeness (QED) is 0.00766. The van der Waals surface area contributed by atoms with Crippen LogP contribution in [-0.2, 0) is 113 Å². The van der Waals surface area contributed by atoms with Crippen molar-refractivity contribution in [1.82, 2.24) is 79.1 Å². The van der Waals surface area contributed by atoms with Crippen LogP contribution in [0.4, 0.5) is 5.69 Å². The molecule has 0 unspecified atom stereocenters. The number of benzene rings is 3. The maximum atomic E-state index is 14.8. The molecular weight excluding hydrogens is 1710 g/mol. The number of carboxylic acids is 5. The molecular formula is C83H113N19O28. The lowest BCUT2D eigenvalue weighted by Gasteiger charge is -2.30. The third kappa shape index (κ3) is 35.4. The Morgan fingerprint density at radius 2 is 1.01 bits per heavy atom. The Kier molecular flexibility index (Phi) is 43.4. The SMILES string of the molecule is CCCCCCCCCC(=O)N[C@@H](Cc1c[nH]c2ccccc12)C(=O)N[C@@H](CC(N)=O)C(=O)N[C@@H](CC(=O)O)C(=O)N[C@@H]1C(=O)NCC(=O)N[C@@H](CCCN)C(=O)N[C@@H](CC(=O)O)C(=O)N[C@H](C)C(=O)N[C@@H](CC(=O)O)C(=O)NCC(=O)N[C@H](CO)C(=O)N[C@@H]([C@H](C)CC(=O)O)C(=O)N[C@@H](CC(=O)c2ccccc2N)C(=O)O[C@@H]1C.N[C@@H](Cc1c[nH]c2ccccc12)C(=O)O. The molecule has 708 valence electrons. The standard InChI is InChI=1S/C72H101N17O26.C11H12N2O2/c1-5-6-7-8-9-10-11-22-53(93)81-44(25-38-31-76-42-20-15-13-17-39(38)42)66(108)84-45(27-52(75)92)67(109)86-48(30-59(102)103)68(110)89-61-37(4)115-72(114)49(26-51(91)40-18-12-14-19-41(40)74)87-71(113)60(35(2)24-56(96)97)88-69(111)50(34-90)82-55(95)32-77-63(105)46(28-57(98)99)83-62(104)36(3)79-65(107)47(29-58(100)101)85-64(106)43(21-16-23-73)80-54(94)33-78-70(61)112;12-9(11(14)15)5-7-6-13-10-4-2-1-3-8(7)10/h12-15,17-20,31,35-37,43-50,60-61,76,90H,5-11,16,21-30,32-34,73-74H2,1-4H3,(H2,75,92)(H,77,105)(H,78,112)(H,79,107)(H,80,94)(H,81,93)(H,82,95)(H,83,104)(H,84,108)(H,85,106)(H,86,109)(H,87,113)(H,88,111)(H,89,110)(H,96,97)(H,98,99)(H,100,101)(H,102,103);1-4,6,9,13H,5,12H2,(H,14,15)/t35-,36-,37-,43+,44+,45+,46+,47+,48+,49+,50-,60+,61+;9-/m10/s1. The molecule has 47 nitrogen and oxygen atoms in total. The Labute approximate surface area is 742 Å². The van der Waals surface area contributed by atoms with Crippen LogP contribution in [0.3, 0.4) is 0 Å². The van der Waals surface area contributed by atoms with Crippen molar-refractivity contribution < 1.29 is 136 Å². The van der Waals surface area contributed by atoms with Crippen molar-refractivity contribution in [2.75, 3.05) is 32.0 Å². The maximum absolute atomic E-state index is 14.8. The third-order valence-electron chi connectivity index (χ3n) is 20.3. The van der Waals surface area contributed by atoms with Gasteiger partial charge in [-0.15, -0.1) is 0 Å². The van der Waals surface area contributed by atoms with E-state index in [1.807, 2.05) is 46.4 Å². The number of carbonyl (C=O) groups is 21. The number of carbonyl (C=O) groups excluding carboxylic acids is 16. The number of ketones is 1. The van der Waals surface area contributed by atoms with Crippen LogP contribution in [0.15, 0.2) is 85.2 Å². The summed E-state index contributed by atoms with van der Waals surface area (Å²) >= 11 is 0. The number of primary amides is 1. The number of aliphatic hydroxyl groups excluding tert-OH is 1. The highest BCUT2D eigenvalue weighted by molar-refractivity contribution is 6.05. The van der Waals surface area contributed by atoms with Crippen LogP contribution in [-0.4, -0.2) is 270 Å². The molecule has 6 rings (SSSR count). The van der Waals surface area contributed by atoms with E-state index in [0.29, 0.717) is 35.7 Å². The number of nitrogens with two attached hydrogens (primary N) is 4. The molecule has 0 spiro atoms. The van der Waals surface area contributed by atoms with E-state index in [4.69, 9.17) is 32.8 Å². The van der Waals surface area contributed by atoms with E-state index < -0.39 is 273 Å². The van der Waals surface area contributed by atoms with E-state index in [2.05, 4.69) is 70.1 Å². The van der Waals surface area contributed by atoms with Crippen molar-refractivity contribution in [2.24, 2.45) is 23.1 Å². The van der Waals surface area contributed by atoms with Gasteiger partial charge in [0.15, 0.2) is 5.78 Å². The number of ether oxygens (including phenoxy) is 1. The minimum absolute atomic E-state index is 0.0186. The molecule has 3 heterocycles. The third-order valence-corrected chi connectivity index (χ3v) is 20.3. The Hall–Kier alpha value is -14.5. The molecule has 1 aliphatic heterocycles. The molecule has 0 radical (unpaired) electrons. The van der Waals surface area contributed by atoms with Gasteiger partial charge in [-0.2, -0.15) is 0 Å². The summed E-state index contributed by atoms with van der Waals surface area (Å²) in [4.78, 5) is 290. The number of rotatable bonds is 38. The Balaban J connectivity index is 0.00000179. The van der Waals surface area contributed by atoms with Crippen molar-refractivity contribution in [3.63, 3.8) is 0 Å². The normalized spacial score (nSPS) is 20.2. The minimum Gasteiger partial charge on any atom is -0.481 e. The molecule has 1 saturated heterocycles. The number of H-pyrrole nitrogens is 2. The Morgan fingerprint density at radius 3 is 1.56 bits per heavy atom. The number of hydrogen-bond acceptors (Lipinski definition) is 26. The predicted molar refractivity (Wildman–Crippen MR) is 458 cm³/mol. The molecule has 1 fully saturated rings. The number of esters is 1. The highest BCUT2D eigenvalue weighted by atomic mass is 16.5. The smallest absolute Gasteiger partial charge is 0.329 e. The summed E-state index contributed by atoms with van der Waals surface area (Å²) in [5, 5.41) is 88.4. The van der Waals surface area contributed by atoms with Crippen LogP contribution < -0.4 is 92.1 Å². The molecule has 14 amide bonds. The molecule has 3 aromatic carbocycles. The zero-order valence-corrected chi connectivity index (χ0v) is 71.7. The first kappa shape index (κ1) is 106. The van der Waals surface area contributed by atoms with E-state index in [1.54, 1.807) is 30.5 Å². The van der Waals surface area contributed by atoms with E-state index in [-0.39, 0.29) is 37.1 Å². The first-order valence-electron chi connectivity index (χ1n) is 41.5. The molecule has 14 atom stereocenters. The number of unbranched alkanes of at least 4 members (excludes halogenated alkanes) is 6. The van der Waals surface area contributed by atoms with Gasteiger partial charge < -0.3 is 137 Å². The highest BCUT2D eigenvalue weighted by Gasteiger charge is 2.41. The van der Waals surface area contributed by atoms with Crippen molar-refractivity contribution in [1.29, 1.82) is 0 Å². The number of aliphatic carboxylic acids is 5. The molecule has 47 heteroatoms. The summed E-state index contributed by atoms with van der Waals surface area (Å²) in [6.07, 6.45) is -0.173. The van der Waals surface area contributed by atoms with Crippen LogP contribution in [0, 0.1) is 5.92 Å². The van der Waals surface area contributed by atoms with E-state index >= 15 is 0 Å². The van der Waals surface area contributed by atoms with Crippen molar-refractivity contribution in [3.8, 4) is 0 Å². The zero-order valence-electron chi connectivity index (χ0n) is 71.7. The molecule has 0 aliphatic carbocycles. The topological polar surface area (TPSA) is 781 Å². The number of para-hydroxylation sites is 3. The second-order valence-corrected chi connectivity index (χ2v) is 30.8. The molecule has 5 aromatic rings. The molecule has 0 bridgehead atoms. The van der Waals surface area contributed by atoms with Gasteiger partial charge in [-0.1, -0.05) is 101 Å². The maximum Gasteiger partial charge on any atom is 0.329 e. The molecule has 130 heavy (non-hydrogen) atoms. The van der Waals surface area contributed by atoms with Gasteiger partial charge in [-0.25, -0.2) is 4.79 Å². The number of aromatic amines is 2. The minimum atomic E-state index is -2.45. The van der Waals surface area contributed by atoms with Gasteiger partial charge in [-0.05, 0) is 81.0 Å². The van der Waals surface area contributed by atoms with Gasteiger partial charge in [0, 0.05) is 71.1 Å². The van der Waals surface area contributed by atoms with Gasteiger partial charge in [0.05, 0.1) is 51.8 Å². The average molecular weight is 1820 g/mol. The van der Waals surface area contributed by atoms with Crippen LogP contribution in [0.2, 0.25) is 0 Å². The monoisotopic (exact) mass is 1820 g/mol. The number of Topliss-reactive ketones (excluding diaryl/α,β-unsaturated/α-hetero) is 1. The fraction of sp³-hybridized carbons (Fsp3) is 0.482. The van der Waals surface area contributed by atoms with Gasteiger partial charge in [0.2, 0.25) is 82.7 Å². The number of carboxylic acid groups (broad SMARTS) is 5. The number of fused-ring (bicyclic) bond motifs is 2. The number of anilines is 1. The molecule has 2 aromatic heterocycles. The van der Waals surface area contributed by atoms with Crippen molar-refractivity contribution >= 4 is 152 Å². The summed E-state index contributed by atoms with van der Waals surface area (Å²) in [6, 6.07) is -3.63. The fourth-order valence-corrected chi connectivity index (χ4v) is 13.4. The second kappa shape index (κ2) is 53.2.